The zero-order valence-electron chi connectivity index (χ0n) is 12.5. The Morgan fingerprint density at radius 1 is 1.48 bits per heavy atom. The van der Waals surface area contributed by atoms with E-state index < -0.39 is 10.2 Å². The van der Waals surface area contributed by atoms with Crippen molar-refractivity contribution >= 4 is 15.9 Å². The summed E-state index contributed by atoms with van der Waals surface area (Å²) in [6, 6.07) is 5.22. The summed E-state index contributed by atoms with van der Waals surface area (Å²) in [6.07, 6.45) is 1.84. The van der Waals surface area contributed by atoms with Gasteiger partial charge < -0.3 is 10.5 Å². The number of piperidine rings is 1. The van der Waals surface area contributed by atoms with Crippen LogP contribution >= 0.6 is 0 Å². The maximum Gasteiger partial charge on any atom is 0.301 e. The van der Waals surface area contributed by atoms with Gasteiger partial charge in [-0.25, -0.2) is 0 Å². The molecule has 1 aromatic carbocycles. The molecule has 2 rings (SSSR count). The molecule has 1 aliphatic rings. The number of rotatable bonds is 5. The number of nitrogens with zero attached hydrogens (tertiary/aromatic N) is 1. The van der Waals surface area contributed by atoms with Gasteiger partial charge in [0.1, 0.15) is 5.75 Å². The van der Waals surface area contributed by atoms with E-state index in [1.54, 1.807) is 25.3 Å². The van der Waals surface area contributed by atoms with Gasteiger partial charge in [0.05, 0.1) is 12.8 Å². The van der Waals surface area contributed by atoms with Crippen LogP contribution < -0.4 is 15.2 Å². The molecule has 0 spiro atoms. The monoisotopic (exact) mass is 313 g/mol. The normalized spacial score (nSPS) is 20.2. The van der Waals surface area contributed by atoms with Crippen molar-refractivity contribution in [2.75, 3.05) is 31.5 Å². The number of nitrogens with two attached hydrogens (primary N) is 1. The van der Waals surface area contributed by atoms with Gasteiger partial charge in [0.15, 0.2) is 0 Å². The average molecular weight is 313 g/mol. The first-order valence-electron chi connectivity index (χ1n) is 7.09. The number of benzene rings is 1. The molecule has 7 heteroatoms. The van der Waals surface area contributed by atoms with Crippen LogP contribution in [0.3, 0.4) is 0 Å². The van der Waals surface area contributed by atoms with E-state index in [4.69, 9.17) is 10.5 Å². The lowest BCUT2D eigenvalue weighted by Crippen LogP contribution is -2.44. The van der Waals surface area contributed by atoms with Gasteiger partial charge in [0, 0.05) is 13.1 Å². The Morgan fingerprint density at radius 3 is 2.86 bits per heavy atom. The molecular formula is C14H23N3O3S. The molecule has 118 valence electrons. The van der Waals surface area contributed by atoms with Crippen molar-refractivity contribution in [1.82, 2.24) is 4.31 Å². The number of nitrogens with one attached hydrogen (secondary N) is 1. The zero-order chi connectivity index (χ0) is 15.5. The van der Waals surface area contributed by atoms with Gasteiger partial charge in [-0.2, -0.15) is 12.7 Å². The average Bonchev–Trinajstić information content (AvgIpc) is 2.47. The van der Waals surface area contributed by atoms with E-state index in [0.29, 0.717) is 25.3 Å². The predicted molar refractivity (Wildman–Crippen MR) is 83.6 cm³/mol. The highest BCUT2D eigenvalue weighted by Crippen LogP contribution is 2.24. The summed E-state index contributed by atoms with van der Waals surface area (Å²) in [7, 11) is -1.94. The third-order valence-electron chi connectivity index (χ3n) is 3.80. The highest BCUT2D eigenvalue weighted by molar-refractivity contribution is 7.90. The van der Waals surface area contributed by atoms with E-state index in [1.807, 2.05) is 6.92 Å². The lowest BCUT2D eigenvalue weighted by molar-refractivity contribution is 0.273. The SMILES string of the molecule is COc1ccc(NS(=O)(=O)N2CCCC(CN)C2)cc1C. The minimum absolute atomic E-state index is 0.243. The van der Waals surface area contributed by atoms with Crippen molar-refractivity contribution in [1.29, 1.82) is 0 Å². The highest BCUT2D eigenvalue weighted by atomic mass is 32.2. The molecule has 1 aliphatic heterocycles. The predicted octanol–water partition coefficient (Wildman–Crippen LogP) is 1.33. The summed E-state index contributed by atoms with van der Waals surface area (Å²) in [5.74, 6) is 0.979. The van der Waals surface area contributed by atoms with Gasteiger partial charge in [0.25, 0.3) is 0 Å². The quantitative estimate of drug-likeness (QED) is 0.859. The maximum atomic E-state index is 12.4. The van der Waals surface area contributed by atoms with Crippen molar-refractivity contribution in [2.45, 2.75) is 19.8 Å². The first-order valence-corrected chi connectivity index (χ1v) is 8.53. The molecule has 0 bridgehead atoms. The van der Waals surface area contributed by atoms with Gasteiger partial charge in [-0.05, 0) is 56.0 Å². The van der Waals surface area contributed by atoms with Gasteiger partial charge in [-0.3, -0.25) is 4.72 Å². The molecule has 0 amide bonds. The summed E-state index contributed by atoms with van der Waals surface area (Å²) in [5, 5.41) is 0. The number of hydrogen-bond acceptors (Lipinski definition) is 4. The summed E-state index contributed by atoms with van der Waals surface area (Å²) in [6.45, 7) is 3.43. The molecule has 1 unspecified atom stereocenters. The second-order valence-electron chi connectivity index (χ2n) is 5.39. The van der Waals surface area contributed by atoms with Crippen molar-refractivity contribution in [3.05, 3.63) is 23.8 Å². The summed E-state index contributed by atoms with van der Waals surface area (Å²) >= 11 is 0. The molecule has 1 aromatic rings. The molecule has 0 aliphatic carbocycles. The van der Waals surface area contributed by atoms with Crippen LogP contribution in [-0.2, 0) is 10.2 Å². The van der Waals surface area contributed by atoms with Crippen molar-refractivity contribution < 1.29 is 13.2 Å². The Hall–Kier alpha value is -1.31. The summed E-state index contributed by atoms with van der Waals surface area (Å²) < 4.78 is 34.1. The molecule has 0 saturated carbocycles. The Kier molecular flexibility index (Phi) is 5.08. The third kappa shape index (κ3) is 3.87. The van der Waals surface area contributed by atoms with E-state index in [-0.39, 0.29) is 5.92 Å². The van der Waals surface area contributed by atoms with E-state index >= 15 is 0 Å². The van der Waals surface area contributed by atoms with Gasteiger partial charge >= 0.3 is 10.2 Å². The fraction of sp³-hybridized carbons (Fsp3) is 0.571. The van der Waals surface area contributed by atoms with Crippen LogP contribution in [-0.4, -0.2) is 39.5 Å². The fourth-order valence-corrected chi connectivity index (χ4v) is 3.92. The van der Waals surface area contributed by atoms with Crippen LogP contribution in [0.15, 0.2) is 18.2 Å². The Balaban J connectivity index is 2.11. The van der Waals surface area contributed by atoms with Crippen LogP contribution in [0.4, 0.5) is 5.69 Å². The smallest absolute Gasteiger partial charge is 0.301 e. The highest BCUT2D eigenvalue weighted by Gasteiger charge is 2.28. The number of aryl methyl sites for hydroxylation is 1. The first-order chi connectivity index (χ1) is 9.96. The van der Waals surface area contributed by atoms with Crippen molar-refractivity contribution in [3.8, 4) is 5.75 Å². The van der Waals surface area contributed by atoms with Crippen LogP contribution in [0, 0.1) is 12.8 Å². The molecule has 21 heavy (non-hydrogen) atoms. The second-order valence-corrected chi connectivity index (χ2v) is 7.06. The van der Waals surface area contributed by atoms with E-state index in [0.717, 1.165) is 24.2 Å². The number of anilines is 1. The summed E-state index contributed by atoms with van der Waals surface area (Å²) in [4.78, 5) is 0. The maximum absolute atomic E-state index is 12.4. The minimum atomic E-state index is -3.53. The van der Waals surface area contributed by atoms with Crippen LogP contribution in [0.1, 0.15) is 18.4 Å². The van der Waals surface area contributed by atoms with Gasteiger partial charge in [-0.15, -0.1) is 0 Å². The van der Waals surface area contributed by atoms with Crippen molar-refractivity contribution in [3.63, 3.8) is 0 Å². The van der Waals surface area contributed by atoms with Gasteiger partial charge in [0.2, 0.25) is 0 Å². The number of ether oxygens (including phenoxy) is 1. The zero-order valence-corrected chi connectivity index (χ0v) is 13.3. The molecule has 6 nitrogen and oxygen atoms in total. The largest absolute Gasteiger partial charge is 0.496 e. The van der Waals surface area contributed by atoms with Crippen LogP contribution in [0.5, 0.6) is 5.75 Å². The topological polar surface area (TPSA) is 84.7 Å². The van der Waals surface area contributed by atoms with Crippen molar-refractivity contribution in [2.24, 2.45) is 11.7 Å². The summed E-state index contributed by atoms with van der Waals surface area (Å²) in [5.41, 5.74) is 7.09. The minimum Gasteiger partial charge on any atom is -0.496 e. The molecule has 0 aromatic heterocycles. The number of hydrogen-bond donors (Lipinski definition) is 2. The molecule has 1 saturated heterocycles. The lowest BCUT2D eigenvalue weighted by Gasteiger charge is -2.31. The second kappa shape index (κ2) is 6.64. The van der Waals surface area contributed by atoms with Gasteiger partial charge in [-0.1, -0.05) is 0 Å². The fourth-order valence-electron chi connectivity index (χ4n) is 2.59. The lowest BCUT2D eigenvalue weighted by atomic mass is 10.0. The Bertz CT molecular complexity index is 589. The molecule has 1 atom stereocenters. The first kappa shape index (κ1) is 16.1. The Labute approximate surface area is 126 Å². The molecule has 3 N–H and O–H groups in total. The standard InChI is InChI=1S/C14H23N3O3S/c1-11-8-13(5-6-14(11)20-2)16-21(18,19)17-7-3-4-12(9-15)10-17/h5-6,8,12,16H,3-4,7,9-10,15H2,1-2H3. The molecule has 0 radical (unpaired) electrons. The Morgan fingerprint density at radius 2 is 2.24 bits per heavy atom. The van der Waals surface area contributed by atoms with Crippen LogP contribution in [0.2, 0.25) is 0 Å². The van der Waals surface area contributed by atoms with E-state index in [1.165, 1.54) is 4.31 Å². The molecule has 1 heterocycles. The molecular weight excluding hydrogens is 290 g/mol. The number of methoxy groups -OCH3 is 1. The third-order valence-corrected chi connectivity index (χ3v) is 5.30. The van der Waals surface area contributed by atoms with E-state index in [9.17, 15) is 8.42 Å². The van der Waals surface area contributed by atoms with E-state index in [2.05, 4.69) is 4.72 Å². The molecule has 1 fully saturated rings. The van der Waals surface area contributed by atoms with Crippen LogP contribution in [0.25, 0.3) is 0 Å².